The summed E-state index contributed by atoms with van der Waals surface area (Å²) in [6, 6.07) is 8.26. The largest absolute Gasteiger partial charge is 0.369 e. The van der Waals surface area contributed by atoms with E-state index in [9.17, 15) is 9.59 Å². The number of likely N-dealkylation sites (tertiary alicyclic amines) is 1. The minimum atomic E-state index is -0.321. The fourth-order valence-corrected chi connectivity index (χ4v) is 4.59. The second kappa shape index (κ2) is 8.82. The first-order valence-corrected chi connectivity index (χ1v) is 10.6. The van der Waals surface area contributed by atoms with Crippen molar-refractivity contribution in [2.45, 2.75) is 49.9 Å². The molecule has 7 heteroatoms. The van der Waals surface area contributed by atoms with E-state index >= 15 is 0 Å². The summed E-state index contributed by atoms with van der Waals surface area (Å²) in [5, 5.41) is 0.497. The number of carbonyl (C=O) groups is 2. The highest BCUT2D eigenvalue weighted by molar-refractivity contribution is 8.00. The van der Waals surface area contributed by atoms with Crippen molar-refractivity contribution in [1.82, 2.24) is 14.5 Å². The van der Waals surface area contributed by atoms with E-state index in [4.69, 9.17) is 5.73 Å². The molecule has 0 aliphatic carbocycles. The molecule has 0 bridgehead atoms. The number of para-hydroxylation sites is 1. The van der Waals surface area contributed by atoms with Gasteiger partial charge in [-0.1, -0.05) is 43.8 Å². The van der Waals surface area contributed by atoms with Crippen LogP contribution in [0.2, 0.25) is 0 Å². The van der Waals surface area contributed by atoms with Crippen molar-refractivity contribution < 1.29 is 9.59 Å². The molecule has 1 aromatic carbocycles. The molecule has 2 aromatic rings. The van der Waals surface area contributed by atoms with Crippen LogP contribution in [0, 0.1) is 5.92 Å². The Kier molecular flexibility index (Phi) is 6.44. The van der Waals surface area contributed by atoms with Gasteiger partial charge in [0.1, 0.15) is 0 Å². The number of aromatic nitrogens is 2. The summed E-state index contributed by atoms with van der Waals surface area (Å²) < 4.78 is 2.05. The van der Waals surface area contributed by atoms with E-state index in [1.165, 1.54) is 17.3 Å². The van der Waals surface area contributed by atoms with Gasteiger partial charge in [-0.25, -0.2) is 4.98 Å². The average Bonchev–Trinajstić information content (AvgIpc) is 3.15. The summed E-state index contributed by atoms with van der Waals surface area (Å²) >= 11 is 1.45. The Labute approximate surface area is 170 Å². The van der Waals surface area contributed by atoms with Crippen LogP contribution in [0.3, 0.4) is 0 Å². The van der Waals surface area contributed by atoms with Crippen LogP contribution in [-0.2, 0) is 9.59 Å². The predicted molar refractivity (Wildman–Crippen MR) is 111 cm³/mol. The first kappa shape index (κ1) is 20.5. The lowest BCUT2D eigenvalue weighted by atomic mass is 9.97. The van der Waals surface area contributed by atoms with E-state index in [0.29, 0.717) is 19.0 Å². The fraction of sp³-hybridized carbons (Fsp3) is 0.476. The molecule has 1 fully saturated rings. The summed E-state index contributed by atoms with van der Waals surface area (Å²) in [7, 11) is 0. The van der Waals surface area contributed by atoms with Gasteiger partial charge in [0.2, 0.25) is 11.8 Å². The number of rotatable bonds is 6. The normalized spacial score (nSPS) is 18.3. The van der Waals surface area contributed by atoms with Crippen molar-refractivity contribution >= 4 is 23.6 Å². The SMILES string of the molecule is CC(Sc1nccn1-c1ccccc1C(C)C)C(=O)N1CCCC(C(N)=O)C1. The zero-order chi connectivity index (χ0) is 20.3. The lowest BCUT2D eigenvalue weighted by molar-refractivity contribution is -0.134. The number of benzene rings is 1. The topological polar surface area (TPSA) is 81.2 Å². The van der Waals surface area contributed by atoms with Crippen LogP contribution < -0.4 is 5.73 Å². The molecular weight excluding hydrogens is 372 g/mol. The first-order valence-electron chi connectivity index (χ1n) is 9.76. The Bertz CT molecular complexity index is 848. The van der Waals surface area contributed by atoms with E-state index in [-0.39, 0.29) is 23.0 Å². The standard InChI is InChI=1S/C21H28N4O2S/c1-14(2)17-8-4-5-9-18(17)25-12-10-23-21(25)28-15(3)20(27)24-11-6-7-16(13-24)19(22)26/h4-5,8-10,12,14-16H,6-7,11,13H2,1-3H3,(H2,22,26). The maximum absolute atomic E-state index is 12.9. The number of primary amides is 1. The first-order chi connectivity index (χ1) is 13.4. The highest BCUT2D eigenvalue weighted by atomic mass is 32.2. The fourth-order valence-electron chi connectivity index (χ4n) is 3.63. The number of nitrogens with two attached hydrogens (primary N) is 1. The quantitative estimate of drug-likeness (QED) is 0.755. The molecule has 1 aliphatic heterocycles. The number of imidazole rings is 1. The Morgan fingerprint density at radius 1 is 1.25 bits per heavy atom. The molecule has 2 heterocycles. The van der Waals surface area contributed by atoms with Gasteiger partial charge in [0.25, 0.3) is 0 Å². The van der Waals surface area contributed by atoms with E-state index in [0.717, 1.165) is 23.7 Å². The van der Waals surface area contributed by atoms with E-state index in [2.05, 4.69) is 31.0 Å². The van der Waals surface area contributed by atoms with Crippen molar-refractivity contribution in [3.05, 3.63) is 42.2 Å². The molecule has 150 valence electrons. The van der Waals surface area contributed by atoms with Crippen molar-refractivity contribution in [1.29, 1.82) is 0 Å². The molecule has 2 amide bonds. The molecule has 0 radical (unpaired) electrons. The van der Waals surface area contributed by atoms with Gasteiger partial charge in [-0.05, 0) is 37.3 Å². The molecule has 2 atom stereocenters. The van der Waals surface area contributed by atoms with E-state index in [1.54, 1.807) is 11.1 Å². The summed E-state index contributed by atoms with van der Waals surface area (Å²) in [4.78, 5) is 30.7. The zero-order valence-corrected chi connectivity index (χ0v) is 17.5. The van der Waals surface area contributed by atoms with Crippen molar-refractivity contribution in [2.24, 2.45) is 11.7 Å². The van der Waals surface area contributed by atoms with E-state index < -0.39 is 0 Å². The highest BCUT2D eigenvalue weighted by Crippen LogP contribution is 2.30. The third-order valence-corrected chi connectivity index (χ3v) is 6.26. The molecule has 1 aliphatic rings. The Balaban J connectivity index is 1.76. The Morgan fingerprint density at radius 3 is 2.71 bits per heavy atom. The molecule has 0 spiro atoms. The summed E-state index contributed by atoms with van der Waals surface area (Å²) in [6.45, 7) is 7.33. The lowest BCUT2D eigenvalue weighted by Crippen LogP contribution is -2.46. The van der Waals surface area contributed by atoms with Crippen LogP contribution in [0.5, 0.6) is 0 Å². The molecule has 0 saturated carbocycles. The summed E-state index contributed by atoms with van der Waals surface area (Å²) in [5.41, 5.74) is 7.77. The third kappa shape index (κ3) is 4.41. The van der Waals surface area contributed by atoms with Gasteiger partial charge < -0.3 is 10.6 Å². The van der Waals surface area contributed by atoms with Gasteiger partial charge in [0, 0.05) is 25.5 Å². The number of amides is 2. The maximum atomic E-state index is 12.9. The van der Waals surface area contributed by atoms with Crippen molar-refractivity contribution in [3.8, 4) is 5.69 Å². The maximum Gasteiger partial charge on any atom is 0.235 e. The molecule has 28 heavy (non-hydrogen) atoms. The van der Waals surface area contributed by atoms with Gasteiger partial charge in [0.05, 0.1) is 16.9 Å². The number of nitrogens with zero attached hydrogens (tertiary/aromatic N) is 3. The molecule has 1 saturated heterocycles. The second-order valence-corrected chi connectivity index (χ2v) is 8.89. The van der Waals surface area contributed by atoms with Crippen LogP contribution in [0.4, 0.5) is 0 Å². The Morgan fingerprint density at radius 2 is 2.00 bits per heavy atom. The highest BCUT2D eigenvalue weighted by Gasteiger charge is 2.30. The minimum Gasteiger partial charge on any atom is -0.369 e. The van der Waals surface area contributed by atoms with Gasteiger partial charge in [0.15, 0.2) is 5.16 Å². The van der Waals surface area contributed by atoms with E-state index in [1.807, 2.05) is 29.8 Å². The van der Waals surface area contributed by atoms with Crippen LogP contribution in [-0.4, -0.2) is 44.6 Å². The smallest absolute Gasteiger partial charge is 0.235 e. The number of carbonyl (C=O) groups excluding carboxylic acids is 2. The number of piperidine rings is 1. The van der Waals surface area contributed by atoms with Crippen molar-refractivity contribution in [3.63, 3.8) is 0 Å². The molecule has 2 N–H and O–H groups in total. The molecule has 1 aromatic heterocycles. The van der Waals surface area contributed by atoms with Crippen LogP contribution in [0.25, 0.3) is 5.69 Å². The molecule has 2 unspecified atom stereocenters. The zero-order valence-electron chi connectivity index (χ0n) is 16.7. The van der Waals surface area contributed by atoms with Crippen LogP contribution in [0.1, 0.15) is 45.1 Å². The second-order valence-electron chi connectivity index (χ2n) is 7.58. The monoisotopic (exact) mass is 400 g/mol. The van der Waals surface area contributed by atoms with Gasteiger partial charge >= 0.3 is 0 Å². The number of hydrogen-bond donors (Lipinski definition) is 1. The molecule has 3 rings (SSSR count). The van der Waals surface area contributed by atoms with Gasteiger partial charge in [-0.3, -0.25) is 14.2 Å². The van der Waals surface area contributed by atoms with Crippen LogP contribution >= 0.6 is 11.8 Å². The minimum absolute atomic E-state index is 0.0302. The average molecular weight is 401 g/mol. The molecular formula is C21H28N4O2S. The molecule has 6 nitrogen and oxygen atoms in total. The van der Waals surface area contributed by atoms with Gasteiger partial charge in [-0.15, -0.1) is 0 Å². The number of hydrogen-bond acceptors (Lipinski definition) is 4. The lowest BCUT2D eigenvalue weighted by Gasteiger charge is -2.32. The van der Waals surface area contributed by atoms with Gasteiger partial charge in [-0.2, -0.15) is 0 Å². The summed E-state index contributed by atoms with van der Waals surface area (Å²) in [6.07, 6.45) is 5.27. The van der Waals surface area contributed by atoms with Crippen LogP contribution in [0.15, 0.2) is 41.8 Å². The third-order valence-electron chi connectivity index (χ3n) is 5.19. The van der Waals surface area contributed by atoms with Crippen molar-refractivity contribution in [2.75, 3.05) is 13.1 Å². The number of thioether (sulfide) groups is 1. The Hall–Kier alpha value is -2.28. The predicted octanol–water partition coefficient (Wildman–Crippen LogP) is 3.20. The summed E-state index contributed by atoms with van der Waals surface area (Å²) in [5.74, 6) is -0.148.